The van der Waals surface area contributed by atoms with E-state index < -0.39 is 0 Å². The van der Waals surface area contributed by atoms with E-state index in [0.717, 1.165) is 23.0 Å². The highest BCUT2D eigenvalue weighted by Crippen LogP contribution is 2.20. The van der Waals surface area contributed by atoms with E-state index in [9.17, 15) is 5.26 Å². The SMILES string of the molecule is Bc1cc(Cc2ccc(C(C)C)cc2)c2c(C#N)cnn2c1. The zero-order valence-corrected chi connectivity index (χ0v) is 13.2. The van der Waals surface area contributed by atoms with Gasteiger partial charge in [0.25, 0.3) is 0 Å². The van der Waals surface area contributed by atoms with E-state index in [-0.39, 0.29) is 0 Å². The molecule has 0 amide bonds. The van der Waals surface area contributed by atoms with E-state index in [4.69, 9.17) is 0 Å². The lowest BCUT2D eigenvalue weighted by atomic mass is 9.93. The maximum absolute atomic E-state index is 9.28. The van der Waals surface area contributed by atoms with E-state index in [1.165, 1.54) is 11.1 Å². The molecule has 4 heteroatoms. The molecule has 0 unspecified atom stereocenters. The van der Waals surface area contributed by atoms with Crippen LogP contribution in [0.4, 0.5) is 0 Å². The molecule has 0 saturated heterocycles. The van der Waals surface area contributed by atoms with Gasteiger partial charge in [-0.2, -0.15) is 10.4 Å². The molecule has 2 aromatic heterocycles. The van der Waals surface area contributed by atoms with Gasteiger partial charge in [-0.05, 0) is 29.0 Å². The van der Waals surface area contributed by atoms with Crippen LogP contribution in [0, 0.1) is 11.3 Å². The molecule has 108 valence electrons. The summed E-state index contributed by atoms with van der Waals surface area (Å²) in [7, 11) is 2.05. The Hall–Kier alpha value is -2.54. The summed E-state index contributed by atoms with van der Waals surface area (Å²) in [5.41, 5.74) is 6.44. The summed E-state index contributed by atoms with van der Waals surface area (Å²) in [6.07, 6.45) is 4.41. The van der Waals surface area contributed by atoms with Crippen LogP contribution in [-0.2, 0) is 6.42 Å². The van der Waals surface area contributed by atoms with Gasteiger partial charge < -0.3 is 0 Å². The normalized spacial score (nSPS) is 11.0. The summed E-state index contributed by atoms with van der Waals surface area (Å²) < 4.78 is 1.81. The molecule has 1 aromatic carbocycles. The van der Waals surface area contributed by atoms with Gasteiger partial charge in [-0.3, -0.25) is 0 Å². The van der Waals surface area contributed by atoms with Crippen molar-refractivity contribution in [3.05, 3.63) is 65.0 Å². The first-order valence-electron chi connectivity index (χ1n) is 7.54. The van der Waals surface area contributed by atoms with Gasteiger partial charge in [0, 0.05) is 6.20 Å². The van der Waals surface area contributed by atoms with Gasteiger partial charge in [-0.1, -0.05) is 49.6 Å². The van der Waals surface area contributed by atoms with E-state index in [0.29, 0.717) is 11.5 Å². The van der Waals surface area contributed by atoms with Gasteiger partial charge in [0.2, 0.25) is 0 Å². The second-order valence-corrected chi connectivity index (χ2v) is 6.08. The number of nitriles is 1. The molecule has 0 fully saturated rings. The zero-order valence-electron chi connectivity index (χ0n) is 13.2. The van der Waals surface area contributed by atoms with Crippen LogP contribution in [0.25, 0.3) is 5.52 Å². The molecule has 0 saturated carbocycles. The molecule has 0 aliphatic heterocycles. The molecule has 2 heterocycles. The third-order valence-electron chi connectivity index (χ3n) is 3.99. The molecule has 0 aliphatic carbocycles. The minimum Gasteiger partial charge on any atom is -0.240 e. The number of rotatable bonds is 3. The highest BCUT2D eigenvalue weighted by atomic mass is 15.2. The Balaban J connectivity index is 2.03. The van der Waals surface area contributed by atoms with Crippen LogP contribution in [0.5, 0.6) is 0 Å². The Labute approximate surface area is 131 Å². The summed E-state index contributed by atoms with van der Waals surface area (Å²) in [6, 6.07) is 13.1. The number of hydrogen-bond donors (Lipinski definition) is 0. The van der Waals surface area contributed by atoms with Crippen molar-refractivity contribution in [1.29, 1.82) is 5.26 Å². The van der Waals surface area contributed by atoms with Crippen molar-refractivity contribution in [3.8, 4) is 6.07 Å². The molecule has 22 heavy (non-hydrogen) atoms. The standard InChI is InChI=1S/C18H18BN3/c1-12(2)14-5-3-13(4-6-14)7-15-8-17(19)11-22-18(15)16(9-20)10-21-22/h3-6,8,10-12H,7,19H2,1-2H3. The number of pyridine rings is 1. The highest BCUT2D eigenvalue weighted by molar-refractivity contribution is 6.32. The molecule has 3 nitrogen and oxygen atoms in total. The van der Waals surface area contributed by atoms with E-state index in [1.807, 2.05) is 10.7 Å². The Morgan fingerprint density at radius 1 is 1.27 bits per heavy atom. The summed E-state index contributed by atoms with van der Waals surface area (Å²) >= 11 is 0. The van der Waals surface area contributed by atoms with Crippen molar-refractivity contribution >= 4 is 18.8 Å². The van der Waals surface area contributed by atoms with Crippen molar-refractivity contribution in [1.82, 2.24) is 9.61 Å². The topological polar surface area (TPSA) is 41.1 Å². The average molecular weight is 287 g/mol. The predicted molar refractivity (Wildman–Crippen MR) is 91.4 cm³/mol. The second kappa shape index (κ2) is 5.69. The van der Waals surface area contributed by atoms with Crippen LogP contribution in [-0.4, -0.2) is 17.5 Å². The minimum atomic E-state index is 0.541. The van der Waals surface area contributed by atoms with Crippen LogP contribution in [0.1, 0.15) is 42.0 Å². The van der Waals surface area contributed by atoms with Crippen LogP contribution >= 0.6 is 0 Å². The quantitative estimate of drug-likeness (QED) is 0.693. The number of hydrogen-bond acceptors (Lipinski definition) is 2. The molecule has 3 aromatic rings. The van der Waals surface area contributed by atoms with Gasteiger partial charge in [0.1, 0.15) is 13.9 Å². The Morgan fingerprint density at radius 2 is 2.00 bits per heavy atom. The lowest BCUT2D eigenvalue weighted by Gasteiger charge is -2.09. The molecule has 0 radical (unpaired) electrons. The maximum atomic E-state index is 9.28. The Bertz CT molecular complexity index is 854. The van der Waals surface area contributed by atoms with Gasteiger partial charge in [-0.25, -0.2) is 4.52 Å². The zero-order chi connectivity index (χ0) is 15.7. The molecule has 0 spiro atoms. The number of benzene rings is 1. The summed E-state index contributed by atoms with van der Waals surface area (Å²) in [5.74, 6) is 0.541. The molecule has 0 bridgehead atoms. The average Bonchev–Trinajstić information content (AvgIpc) is 2.90. The smallest absolute Gasteiger partial charge is 0.141 e. The number of nitrogens with zero attached hydrogens (tertiary/aromatic N) is 3. The van der Waals surface area contributed by atoms with Crippen LogP contribution < -0.4 is 5.46 Å². The fourth-order valence-corrected chi connectivity index (χ4v) is 2.81. The molecular formula is C18H18BN3. The van der Waals surface area contributed by atoms with E-state index >= 15 is 0 Å². The van der Waals surface area contributed by atoms with Gasteiger partial charge in [0.15, 0.2) is 0 Å². The predicted octanol–water partition coefficient (Wildman–Crippen LogP) is 2.18. The van der Waals surface area contributed by atoms with Gasteiger partial charge in [-0.15, -0.1) is 0 Å². The van der Waals surface area contributed by atoms with Gasteiger partial charge in [0.05, 0.1) is 17.3 Å². The monoisotopic (exact) mass is 287 g/mol. The minimum absolute atomic E-state index is 0.541. The largest absolute Gasteiger partial charge is 0.240 e. The molecule has 3 rings (SSSR count). The fraction of sp³-hybridized carbons (Fsp3) is 0.222. The highest BCUT2D eigenvalue weighted by Gasteiger charge is 2.10. The Kier molecular flexibility index (Phi) is 3.72. The van der Waals surface area contributed by atoms with Gasteiger partial charge >= 0.3 is 0 Å². The third kappa shape index (κ3) is 2.63. The first kappa shape index (κ1) is 14.4. The molecule has 0 aliphatic rings. The molecular weight excluding hydrogens is 269 g/mol. The maximum Gasteiger partial charge on any atom is 0.141 e. The summed E-state index contributed by atoms with van der Waals surface area (Å²) in [6.45, 7) is 4.40. The molecule has 0 N–H and O–H groups in total. The number of fused-ring (bicyclic) bond motifs is 1. The van der Waals surface area contributed by atoms with Crippen molar-refractivity contribution < 1.29 is 0 Å². The van der Waals surface area contributed by atoms with E-state index in [2.05, 4.69) is 63.2 Å². The first-order chi connectivity index (χ1) is 10.6. The fourth-order valence-electron chi connectivity index (χ4n) is 2.81. The third-order valence-corrected chi connectivity index (χ3v) is 3.99. The van der Waals surface area contributed by atoms with Crippen molar-refractivity contribution in [3.63, 3.8) is 0 Å². The Morgan fingerprint density at radius 3 is 2.64 bits per heavy atom. The van der Waals surface area contributed by atoms with E-state index in [1.54, 1.807) is 6.20 Å². The number of aromatic nitrogens is 2. The second-order valence-electron chi connectivity index (χ2n) is 6.08. The van der Waals surface area contributed by atoms with Crippen molar-refractivity contribution in [2.24, 2.45) is 0 Å². The summed E-state index contributed by atoms with van der Waals surface area (Å²) in [4.78, 5) is 0. The lowest BCUT2D eigenvalue weighted by Crippen LogP contribution is -2.09. The van der Waals surface area contributed by atoms with Crippen molar-refractivity contribution in [2.45, 2.75) is 26.2 Å². The first-order valence-corrected chi connectivity index (χ1v) is 7.54. The molecule has 0 atom stereocenters. The van der Waals surface area contributed by atoms with Crippen molar-refractivity contribution in [2.75, 3.05) is 0 Å². The van der Waals surface area contributed by atoms with Crippen LogP contribution in [0.3, 0.4) is 0 Å². The lowest BCUT2D eigenvalue weighted by molar-refractivity contribution is 0.865. The van der Waals surface area contributed by atoms with Crippen LogP contribution in [0.15, 0.2) is 42.7 Å². The van der Waals surface area contributed by atoms with Crippen LogP contribution in [0.2, 0.25) is 0 Å². The summed E-state index contributed by atoms with van der Waals surface area (Å²) in [5, 5.41) is 13.6.